The fourth-order valence-electron chi connectivity index (χ4n) is 6.86. The largest absolute Gasteiger partial charge is 0.444 e. The van der Waals surface area contributed by atoms with E-state index in [0.29, 0.717) is 28.6 Å². The average molecular weight is 668 g/mol. The molecule has 3 aromatic heterocycles. The summed E-state index contributed by atoms with van der Waals surface area (Å²) in [7, 11) is 2.38. The Morgan fingerprint density at radius 3 is 2.43 bits per heavy atom. The summed E-state index contributed by atoms with van der Waals surface area (Å²) in [6.07, 6.45) is 6.92. The lowest BCUT2D eigenvalue weighted by Gasteiger charge is -2.40. The Balaban J connectivity index is 1.38. The smallest absolute Gasteiger partial charge is 0.407 e. The van der Waals surface area contributed by atoms with Gasteiger partial charge in [0.25, 0.3) is 5.56 Å². The molecule has 1 N–H and O–H groups in total. The van der Waals surface area contributed by atoms with Gasteiger partial charge in [-0.25, -0.2) is 4.79 Å². The molecule has 2 bridgehead atoms. The first-order chi connectivity index (χ1) is 21.6. The lowest BCUT2D eigenvalue weighted by atomic mass is 9.98. The lowest BCUT2D eigenvalue weighted by molar-refractivity contribution is 0.0492. The van der Waals surface area contributed by atoms with E-state index in [1.54, 1.807) is 16.3 Å². The Hall–Kier alpha value is -3.35. The second-order valence-electron chi connectivity index (χ2n) is 15.1. The van der Waals surface area contributed by atoms with E-state index in [-0.39, 0.29) is 36.5 Å². The molecule has 2 aliphatic heterocycles. The van der Waals surface area contributed by atoms with Crippen LogP contribution in [-0.4, -0.2) is 68.4 Å². The number of alkyl carbamates (subject to hydrolysis) is 1. The molecule has 5 heterocycles. The number of ether oxygens (including phenoxy) is 2. The first-order valence-electron chi connectivity index (χ1n) is 16.2. The molecule has 1 aromatic carbocycles. The summed E-state index contributed by atoms with van der Waals surface area (Å²) >= 11 is 6.99. The van der Waals surface area contributed by atoms with Crippen LogP contribution in [0.5, 0.6) is 0 Å². The van der Waals surface area contributed by atoms with Crippen molar-refractivity contribution in [2.75, 3.05) is 11.5 Å². The Morgan fingerprint density at radius 1 is 1.09 bits per heavy atom. The van der Waals surface area contributed by atoms with Crippen molar-refractivity contribution in [3.8, 4) is 11.1 Å². The molecular formula is C33H46ClN7O4Si. The lowest BCUT2D eigenvalue weighted by Crippen LogP contribution is -2.52. The first kappa shape index (κ1) is 32.6. The van der Waals surface area contributed by atoms with Crippen LogP contribution in [0, 0.1) is 0 Å². The molecule has 1 unspecified atom stereocenters. The molecule has 0 spiro atoms. The van der Waals surface area contributed by atoms with Gasteiger partial charge in [-0.15, -0.1) is 0 Å². The number of halogens is 1. The van der Waals surface area contributed by atoms with E-state index in [1.165, 1.54) is 0 Å². The maximum absolute atomic E-state index is 14.3. The fourth-order valence-corrected chi connectivity index (χ4v) is 7.93. The number of carbonyl (C=O) groups excluding carboxylic acids is 1. The van der Waals surface area contributed by atoms with E-state index in [1.807, 2.05) is 56.9 Å². The summed E-state index contributed by atoms with van der Waals surface area (Å²) in [6, 6.07) is 5.20. The number of nitrogens with one attached hydrogen (secondary N) is 1. The van der Waals surface area contributed by atoms with Crippen molar-refractivity contribution in [3.63, 3.8) is 0 Å². The molecule has 4 aromatic rings. The van der Waals surface area contributed by atoms with Crippen LogP contribution < -0.4 is 15.8 Å². The molecule has 2 fully saturated rings. The maximum Gasteiger partial charge on any atom is 0.407 e. The van der Waals surface area contributed by atoms with Crippen LogP contribution in [0.1, 0.15) is 46.5 Å². The minimum absolute atomic E-state index is 0.00382. The van der Waals surface area contributed by atoms with Gasteiger partial charge in [-0.2, -0.15) is 10.1 Å². The first-order valence-corrected chi connectivity index (χ1v) is 20.3. The quantitative estimate of drug-likeness (QED) is 0.174. The number of hydrogen-bond acceptors (Lipinski definition) is 7. The van der Waals surface area contributed by atoms with Gasteiger partial charge < -0.3 is 24.3 Å². The van der Waals surface area contributed by atoms with Crippen molar-refractivity contribution in [2.45, 2.75) is 103 Å². The van der Waals surface area contributed by atoms with E-state index in [0.717, 1.165) is 53.8 Å². The van der Waals surface area contributed by atoms with Gasteiger partial charge in [-0.1, -0.05) is 37.3 Å². The minimum atomic E-state index is -1.28. The normalized spacial score (nSPS) is 20.2. The molecule has 46 heavy (non-hydrogen) atoms. The Morgan fingerprint density at radius 2 is 1.78 bits per heavy atom. The zero-order valence-electron chi connectivity index (χ0n) is 28.2. The number of anilines is 1. The van der Waals surface area contributed by atoms with Gasteiger partial charge in [-0.05, 0) is 58.6 Å². The van der Waals surface area contributed by atoms with Gasteiger partial charge in [0.1, 0.15) is 12.3 Å². The van der Waals surface area contributed by atoms with Crippen molar-refractivity contribution in [1.82, 2.24) is 29.2 Å². The summed E-state index contributed by atoms with van der Waals surface area (Å²) in [5, 5.41) is 9.46. The number of aryl methyl sites for hydroxylation is 1. The highest BCUT2D eigenvalue weighted by atomic mass is 35.5. The van der Waals surface area contributed by atoms with Crippen molar-refractivity contribution in [3.05, 3.63) is 39.9 Å². The van der Waals surface area contributed by atoms with Crippen LogP contribution in [0.4, 0.5) is 10.7 Å². The zero-order valence-corrected chi connectivity index (χ0v) is 29.9. The highest BCUT2D eigenvalue weighted by Crippen LogP contribution is 2.41. The zero-order chi connectivity index (χ0) is 33.1. The molecule has 2 saturated heterocycles. The van der Waals surface area contributed by atoms with Crippen LogP contribution in [0.15, 0.2) is 29.3 Å². The predicted octanol–water partition coefficient (Wildman–Crippen LogP) is 6.28. The molecule has 11 nitrogen and oxygen atoms in total. The summed E-state index contributed by atoms with van der Waals surface area (Å²) < 4.78 is 17.1. The van der Waals surface area contributed by atoms with Crippen LogP contribution in [0.3, 0.4) is 0 Å². The molecule has 2 aliphatic rings. The van der Waals surface area contributed by atoms with E-state index in [9.17, 15) is 9.59 Å². The van der Waals surface area contributed by atoms with Gasteiger partial charge in [0.05, 0.1) is 15.9 Å². The fraction of sp³-hybridized carbons (Fsp3) is 0.576. The molecule has 248 valence electrons. The molecule has 0 radical (unpaired) electrons. The third kappa shape index (κ3) is 6.43. The molecule has 6 rings (SSSR count). The number of benzene rings is 1. The van der Waals surface area contributed by atoms with Gasteiger partial charge in [0.2, 0.25) is 5.95 Å². The summed E-state index contributed by atoms with van der Waals surface area (Å²) in [4.78, 5) is 34.4. The second-order valence-corrected chi connectivity index (χ2v) is 21.1. The number of piperidine rings is 1. The molecule has 0 aliphatic carbocycles. The summed E-state index contributed by atoms with van der Waals surface area (Å²) in [6.45, 7) is 13.5. The Kier molecular flexibility index (Phi) is 8.52. The van der Waals surface area contributed by atoms with Crippen molar-refractivity contribution in [1.29, 1.82) is 0 Å². The van der Waals surface area contributed by atoms with Gasteiger partial charge >= 0.3 is 6.09 Å². The number of aromatic nitrogens is 5. The maximum atomic E-state index is 14.3. The third-order valence-corrected chi connectivity index (χ3v) is 11.1. The van der Waals surface area contributed by atoms with Gasteiger partial charge in [0, 0.05) is 75.8 Å². The van der Waals surface area contributed by atoms with Gasteiger partial charge in [0.15, 0.2) is 5.65 Å². The van der Waals surface area contributed by atoms with Crippen molar-refractivity contribution in [2.24, 2.45) is 14.1 Å². The monoisotopic (exact) mass is 667 g/mol. The molecule has 1 amide bonds. The number of rotatable bonds is 8. The van der Waals surface area contributed by atoms with Crippen LogP contribution in [0.25, 0.3) is 33.1 Å². The number of nitrogens with zero attached hydrogens (tertiary/aromatic N) is 6. The average Bonchev–Trinajstić information content (AvgIpc) is 3.58. The van der Waals surface area contributed by atoms with Crippen molar-refractivity contribution >= 4 is 53.7 Å². The van der Waals surface area contributed by atoms with Crippen LogP contribution in [-0.2, 0) is 30.3 Å². The summed E-state index contributed by atoms with van der Waals surface area (Å²) in [5.74, 6) is 0.641. The molecule has 0 saturated carbocycles. The van der Waals surface area contributed by atoms with Gasteiger partial charge in [-0.3, -0.25) is 14.0 Å². The van der Waals surface area contributed by atoms with Crippen molar-refractivity contribution < 1.29 is 14.3 Å². The number of fused-ring (bicyclic) bond motifs is 4. The number of hydrogen-bond donors (Lipinski definition) is 1. The third-order valence-electron chi connectivity index (χ3n) is 9.01. The van der Waals surface area contributed by atoms with E-state index < -0.39 is 13.7 Å². The second kappa shape index (κ2) is 12.0. The van der Waals surface area contributed by atoms with E-state index in [2.05, 4.69) is 35.0 Å². The number of carbonyl (C=O) groups is 1. The molecular weight excluding hydrogens is 622 g/mol. The predicted molar refractivity (Wildman–Crippen MR) is 185 cm³/mol. The summed E-state index contributed by atoms with van der Waals surface area (Å²) in [5.41, 5.74) is 2.17. The molecule has 3 atom stereocenters. The van der Waals surface area contributed by atoms with E-state index >= 15 is 0 Å². The topological polar surface area (TPSA) is 108 Å². The van der Waals surface area contributed by atoms with E-state index in [4.69, 9.17) is 26.1 Å². The highest BCUT2D eigenvalue weighted by molar-refractivity contribution is 6.76. The Bertz CT molecular complexity index is 1840. The molecule has 13 heteroatoms. The van der Waals surface area contributed by atoms with Crippen LogP contribution >= 0.6 is 11.6 Å². The minimum Gasteiger partial charge on any atom is -0.444 e. The Labute approximate surface area is 275 Å². The number of amides is 1. The van der Waals surface area contributed by atoms with Crippen LogP contribution in [0.2, 0.25) is 30.7 Å². The SMILES string of the molecule is Cn1cc2c(Cl)c(-c3cn(COCC[Si](C)(C)C)c4nc(N5[C@@H]6CC[C@H]5CC(NC(=O)OC(C)(C)C)C6)n(C)c(=O)c34)ccc2n1. The highest BCUT2D eigenvalue weighted by Gasteiger charge is 2.43. The standard InChI is InChI=1S/C33H46ClN7O4Si/c1-33(2,3)45-32(43)35-20-15-21-9-10-22(16-20)41(21)31-36-29-27(30(42)39(31)5)24(18-40(29)19-44-13-14-46(6,7)8)23-11-12-26-25(28(23)34)17-38(4)37-26/h11-12,17-18,20-22H,9-10,13-16,19H2,1-8H3,(H,35,43)/t20?,21-,22+.